The second-order valence-corrected chi connectivity index (χ2v) is 3.62. The molecule has 2 rings (SSSR count). The van der Waals surface area contributed by atoms with Crippen LogP contribution in [0.4, 0.5) is 8.78 Å². The van der Waals surface area contributed by atoms with Crippen molar-refractivity contribution < 1.29 is 8.78 Å². The monoisotopic (exact) mass is 183 g/mol. The SMILES string of the molecule is CCC1(c2ncc(F)cc2F)CC1. The number of aromatic nitrogens is 1. The van der Waals surface area contributed by atoms with Crippen molar-refractivity contribution in [2.24, 2.45) is 0 Å². The van der Waals surface area contributed by atoms with Crippen molar-refractivity contribution >= 4 is 0 Å². The van der Waals surface area contributed by atoms with E-state index in [1.165, 1.54) is 0 Å². The maximum Gasteiger partial charge on any atom is 0.148 e. The summed E-state index contributed by atoms with van der Waals surface area (Å²) < 4.78 is 25.8. The molecule has 0 radical (unpaired) electrons. The highest BCUT2D eigenvalue weighted by Crippen LogP contribution is 2.50. The second kappa shape index (κ2) is 2.76. The third-order valence-corrected chi connectivity index (χ3v) is 2.84. The van der Waals surface area contributed by atoms with Crippen molar-refractivity contribution in [3.63, 3.8) is 0 Å². The van der Waals surface area contributed by atoms with Gasteiger partial charge in [-0.25, -0.2) is 8.78 Å². The first-order valence-electron chi connectivity index (χ1n) is 4.49. The predicted molar refractivity (Wildman–Crippen MR) is 45.4 cm³/mol. The standard InChI is InChI=1S/C10H11F2N/c1-2-10(3-4-10)9-8(12)5-7(11)6-13-9/h5-6H,2-4H2,1H3. The molecule has 1 aliphatic rings. The highest BCUT2D eigenvalue weighted by atomic mass is 19.1. The van der Waals surface area contributed by atoms with E-state index in [2.05, 4.69) is 4.98 Å². The molecule has 0 aromatic carbocycles. The minimum Gasteiger partial charge on any atom is -0.255 e. The third-order valence-electron chi connectivity index (χ3n) is 2.84. The normalized spacial score (nSPS) is 18.7. The zero-order chi connectivity index (χ0) is 9.47. The maximum atomic E-state index is 13.3. The van der Waals surface area contributed by atoms with E-state index >= 15 is 0 Å². The van der Waals surface area contributed by atoms with Crippen LogP contribution in [0.2, 0.25) is 0 Å². The Morgan fingerprint density at radius 1 is 1.46 bits per heavy atom. The summed E-state index contributed by atoms with van der Waals surface area (Å²) in [6, 6.07) is 0.915. The molecule has 1 aromatic heterocycles. The lowest BCUT2D eigenvalue weighted by Crippen LogP contribution is -2.10. The molecular formula is C10H11F2N. The van der Waals surface area contributed by atoms with Crippen LogP contribution in [-0.4, -0.2) is 4.98 Å². The van der Waals surface area contributed by atoms with Crippen LogP contribution >= 0.6 is 0 Å². The summed E-state index contributed by atoms with van der Waals surface area (Å²) in [7, 11) is 0. The molecule has 0 bridgehead atoms. The molecule has 0 spiro atoms. The third kappa shape index (κ3) is 1.32. The van der Waals surface area contributed by atoms with E-state index in [9.17, 15) is 8.78 Å². The summed E-state index contributed by atoms with van der Waals surface area (Å²) in [5.74, 6) is -1.10. The Kier molecular flexibility index (Phi) is 1.82. The van der Waals surface area contributed by atoms with Crippen molar-refractivity contribution in [1.82, 2.24) is 4.98 Å². The fraction of sp³-hybridized carbons (Fsp3) is 0.500. The van der Waals surface area contributed by atoms with Crippen LogP contribution in [0.5, 0.6) is 0 Å². The van der Waals surface area contributed by atoms with Gasteiger partial charge < -0.3 is 0 Å². The van der Waals surface area contributed by atoms with Gasteiger partial charge in [-0.2, -0.15) is 0 Å². The highest BCUT2D eigenvalue weighted by molar-refractivity contribution is 5.25. The molecule has 0 N–H and O–H groups in total. The van der Waals surface area contributed by atoms with E-state index in [1.54, 1.807) is 0 Å². The fourth-order valence-electron chi connectivity index (χ4n) is 1.71. The van der Waals surface area contributed by atoms with E-state index in [1.807, 2.05) is 6.92 Å². The van der Waals surface area contributed by atoms with E-state index < -0.39 is 11.6 Å². The zero-order valence-electron chi connectivity index (χ0n) is 7.48. The Morgan fingerprint density at radius 3 is 2.62 bits per heavy atom. The lowest BCUT2D eigenvalue weighted by Gasteiger charge is -2.11. The Morgan fingerprint density at radius 2 is 2.15 bits per heavy atom. The summed E-state index contributed by atoms with van der Waals surface area (Å²) in [5, 5.41) is 0. The van der Waals surface area contributed by atoms with Crippen LogP contribution < -0.4 is 0 Å². The average molecular weight is 183 g/mol. The van der Waals surface area contributed by atoms with Gasteiger partial charge in [-0.05, 0) is 19.3 Å². The summed E-state index contributed by atoms with van der Waals surface area (Å²) in [6.45, 7) is 2.01. The van der Waals surface area contributed by atoms with Crippen molar-refractivity contribution in [2.75, 3.05) is 0 Å². The Hall–Kier alpha value is -0.990. The highest BCUT2D eigenvalue weighted by Gasteiger charge is 2.45. The van der Waals surface area contributed by atoms with Crippen LogP contribution in [0.1, 0.15) is 31.9 Å². The number of nitrogens with zero attached hydrogens (tertiary/aromatic N) is 1. The van der Waals surface area contributed by atoms with Crippen LogP contribution in [0, 0.1) is 11.6 Å². The Bertz CT molecular complexity index is 332. The first-order valence-corrected chi connectivity index (χ1v) is 4.49. The summed E-state index contributed by atoms with van der Waals surface area (Å²) >= 11 is 0. The second-order valence-electron chi connectivity index (χ2n) is 3.62. The first-order chi connectivity index (χ1) is 6.18. The van der Waals surface area contributed by atoms with Crippen LogP contribution in [0.15, 0.2) is 12.3 Å². The molecule has 0 unspecified atom stereocenters. The van der Waals surface area contributed by atoms with E-state index in [0.29, 0.717) is 5.69 Å². The lowest BCUT2D eigenvalue weighted by atomic mass is 9.98. The van der Waals surface area contributed by atoms with Crippen LogP contribution in [-0.2, 0) is 5.41 Å². The molecular weight excluding hydrogens is 172 g/mol. The van der Waals surface area contributed by atoms with Gasteiger partial charge in [0.15, 0.2) is 0 Å². The molecule has 70 valence electrons. The molecule has 0 aliphatic heterocycles. The average Bonchev–Trinajstić information content (AvgIpc) is 2.85. The number of halogens is 2. The molecule has 1 aromatic rings. The van der Waals surface area contributed by atoms with Gasteiger partial charge in [0.05, 0.1) is 11.9 Å². The summed E-state index contributed by atoms with van der Waals surface area (Å²) in [5.41, 5.74) is 0.356. The summed E-state index contributed by atoms with van der Waals surface area (Å²) in [4.78, 5) is 3.83. The predicted octanol–water partition coefficient (Wildman–Crippen LogP) is 2.80. The molecule has 1 nitrogen and oxygen atoms in total. The molecule has 1 saturated carbocycles. The molecule has 1 aliphatic carbocycles. The fourth-order valence-corrected chi connectivity index (χ4v) is 1.71. The summed E-state index contributed by atoms with van der Waals surface area (Å²) in [6.07, 6.45) is 3.91. The molecule has 0 amide bonds. The number of pyridine rings is 1. The molecule has 0 atom stereocenters. The van der Waals surface area contributed by atoms with E-state index in [0.717, 1.165) is 31.5 Å². The van der Waals surface area contributed by atoms with Crippen LogP contribution in [0.3, 0.4) is 0 Å². The van der Waals surface area contributed by atoms with Gasteiger partial charge in [0.1, 0.15) is 11.6 Å². The number of hydrogen-bond acceptors (Lipinski definition) is 1. The minimum atomic E-state index is -0.604. The molecule has 3 heteroatoms. The van der Waals surface area contributed by atoms with Gasteiger partial charge >= 0.3 is 0 Å². The van der Waals surface area contributed by atoms with Gasteiger partial charge in [-0.1, -0.05) is 6.92 Å². The Labute approximate surface area is 75.8 Å². The largest absolute Gasteiger partial charge is 0.255 e. The number of hydrogen-bond donors (Lipinski definition) is 0. The van der Waals surface area contributed by atoms with E-state index in [4.69, 9.17) is 0 Å². The molecule has 1 heterocycles. The lowest BCUT2D eigenvalue weighted by molar-refractivity contribution is 0.520. The first kappa shape index (κ1) is 8.60. The van der Waals surface area contributed by atoms with Gasteiger partial charge in [-0.3, -0.25) is 4.98 Å². The van der Waals surface area contributed by atoms with Crippen molar-refractivity contribution in [1.29, 1.82) is 0 Å². The number of rotatable bonds is 2. The maximum absolute atomic E-state index is 13.3. The molecule has 1 fully saturated rings. The van der Waals surface area contributed by atoms with Crippen molar-refractivity contribution in [3.05, 3.63) is 29.6 Å². The smallest absolute Gasteiger partial charge is 0.148 e. The zero-order valence-corrected chi connectivity index (χ0v) is 7.48. The van der Waals surface area contributed by atoms with Gasteiger partial charge in [0.25, 0.3) is 0 Å². The van der Waals surface area contributed by atoms with Crippen LogP contribution in [0.25, 0.3) is 0 Å². The van der Waals surface area contributed by atoms with Gasteiger partial charge in [0, 0.05) is 11.5 Å². The Balaban J connectivity index is 2.41. The minimum absolute atomic E-state index is 0.0855. The van der Waals surface area contributed by atoms with Gasteiger partial charge in [-0.15, -0.1) is 0 Å². The topological polar surface area (TPSA) is 12.9 Å². The molecule has 13 heavy (non-hydrogen) atoms. The van der Waals surface area contributed by atoms with Crippen molar-refractivity contribution in [2.45, 2.75) is 31.6 Å². The van der Waals surface area contributed by atoms with Gasteiger partial charge in [0.2, 0.25) is 0 Å². The van der Waals surface area contributed by atoms with Crippen molar-refractivity contribution in [3.8, 4) is 0 Å². The molecule has 0 saturated heterocycles. The quantitative estimate of drug-likeness (QED) is 0.687. The van der Waals surface area contributed by atoms with E-state index in [-0.39, 0.29) is 5.41 Å².